The molecule has 0 saturated carbocycles. The van der Waals surface area contributed by atoms with Crippen LogP contribution in [-0.2, 0) is 11.2 Å². The summed E-state index contributed by atoms with van der Waals surface area (Å²) in [6.07, 6.45) is 0.748. The van der Waals surface area contributed by atoms with Gasteiger partial charge in [0.05, 0.1) is 18.5 Å². The third-order valence-corrected chi connectivity index (χ3v) is 3.38. The molecule has 1 N–H and O–H groups in total. The second-order valence-corrected chi connectivity index (χ2v) is 4.77. The van der Waals surface area contributed by atoms with E-state index in [1.54, 1.807) is 0 Å². The Hall–Kier alpha value is -0.510. The molecule has 1 aromatic carbocycles. The minimum atomic E-state index is 0.225. The summed E-state index contributed by atoms with van der Waals surface area (Å²) in [6.45, 7) is 1.98. The van der Waals surface area contributed by atoms with E-state index in [1.807, 2.05) is 11.8 Å². The third kappa shape index (κ3) is 2.50. The van der Waals surface area contributed by atoms with Crippen molar-refractivity contribution >= 4 is 11.8 Å². The number of benzene rings is 1. The molecule has 0 radical (unpaired) electrons. The molecular formula is C11H14O2S. The van der Waals surface area contributed by atoms with Crippen molar-refractivity contribution in [1.82, 2.24) is 0 Å². The fourth-order valence-electron chi connectivity index (χ4n) is 1.34. The van der Waals surface area contributed by atoms with Gasteiger partial charge in [0.25, 0.3) is 0 Å². The van der Waals surface area contributed by atoms with Gasteiger partial charge in [-0.25, -0.2) is 0 Å². The van der Waals surface area contributed by atoms with Crippen molar-refractivity contribution in [3.05, 3.63) is 29.8 Å². The molecule has 1 heterocycles. The lowest BCUT2D eigenvalue weighted by atomic mass is 10.2. The van der Waals surface area contributed by atoms with Crippen LogP contribution in [0.1, 0.15) is 5.56 Å². The molecule has 14 heavy (non-hydrogen) atoms. The number of rotatable bonds is 4. The molecule has 76 valence electrons. The molecule has 0 aliphatic carbocycles. The Morgan fingerprint density at radius 3 is 2.50 bits per heavy atom. The number of hydrogen-bond acceptors (Lipinski definition) is 3. The van der Waals surface area contributed by atoms with Crippen LogP contribution in [0.2, 0.25) is 0 Å². The number of thioether (sulfide) groups is 1. The van der Waals surface area contributed by atoms with Gasteiger partial charge < -0.3 is 9.84 Å². The predicted molar refractivity (Wildman–Crippen MR) is 57.7 cm³/mol. The molecule has 1 aromatic rings. The maximum atomic E-state index is 8.76. The predicted octanol–water partition coefficient (Wildman–Crippen LogP) is 1.71. The zero-order valence-corrected chi connectivity index (χ0v) is 8.80. The van der Waals surface area contributed by atoms with Crippen molar-refractivity contribution < 1.29 is 9.84 Å². The van der Waals surface area contributed by atoms with Crippen molar-refractivity contribution in [2.24, 2.45) is 0 Å². The lowest BCUT2D eigenvalue weighted by Gasteiger charge is -2.25. The van der Waals surface area contributed by atoms with Crippen LogP contribution in [0.25, 0.3) is 0 Å². The summed E-state index contributed by atoms with van der Waals surface area (Å²) >= 11 is 1.87. The Bertz CT molecular complexity index is 280. The first kappa shape index (κ1) is 10.0. The van der Waals surface area contributed by atoms with Crippen LogP contribution >= 0.6 is 11.8 Å². The zero-order valence-electron chi connectivity index (χ0n) is 7.98. The summed E-state index contributed by atoms with van der Waals surface area (Å²) in [7, 11) is 0. The normalized spacial score (nSPS) is 16.6. The van der Waals surface area contributed by atoms with Crippen molar-refractivity contribution in [3.8, 4) is 0 Å². The highest BCUT2D eigenvalue weighted by atomic mass is 32.2. The minimum absolute atomic E-state index is 0.225. The molecule has 1 aliphatic heterocycles. The number of hydrogen-bond donors (Lipinski definition) is 1. The summed E-state index contributed by atoms with van der Waals surface area (Å²) in [5.74, 6) is 0. The molecule has 0 amide bonds. The first-order valence-electron chi connectivity index (χ1n) is 4.82. The maximum absolute atomic E-state index is 8.76. The first-order chi connectivity index (χ1) is 6.88. The fraction of sp³-hybridized carbons (Fsp3) is 0.455. The third-order valence-electron chi connectivity index (χ3n) is 2.23. The van der Waals surface area contributed by atoms with Gasteiger partial charge in [-0.15, -0.1) is 11.8 Å². The van der Waals surface area contributed by atoms with Crippen molar-refractivity contribution in [1.29, 1.82) is 0 Å². The van der Waals surface area contributed by atoms with Crippen molar-refractivity contribution in [2.75, 3.05) is 19.8 Å². The minimum Gasteiger partial charge on any atom is -0.396 e. The van der Waals surface area contributed by atoms with Gasteiger partial charge >= 0.3 is 0 Å². The van der Waals surface area contributed by atoms with Gasteiger partial charge in [0, 0.05) is 11.5 Å². The summed E-state index contributed by atoms with van der Waals surface area (Å²) in [5.41, 5.74) is 1.20. The van der Waals surface area contributed by atoms with Crippen LogP contribution in [0.15, 0.2) is 29.2 Å². The van der Waals surface area contributed by atoms with E-state index >= 15 is 0 Å². The first-order valence-corrected chi connectivity index (χ1v) is 5.70. The Balaban J connectivity index is 1.91. The van der Waals surface area contributed by atoms with E-state index in [2.05, 4.69) is 24.3 Å². The van der Waals surface area contributed by atoms with Gasteiger partial charge in [0.2, 0.25) is 0 Å². The number of aliphatic hydroxyl groups is 1. The lowest BCUT2D eigenvalue weighted by Crippen LogP contribution is -2.29. The van der Waals surface area contributed by atoms with Gasteiger partial charge in [0.15, 0.2) is 0 Å². The van der Waals surface area contributed by atoms with Crippen LogP contribution in [0.4, 0.5) is 0 Å². The Kier molecular flexibility index (Phi) is 3.45. The molecular weight excluding hydrogens is 196 g/mol. The van der Waals surface area contributed by atoms with Crippen LogP contribution in [0.5, 0.6) is 0 Å². The zero-order chi connectivity index (χ0) is 9.80. The van der Waals surface area contributed by atoms with Crippen LogP contribution < -0.4 is 0 Å². The van der Waals surface area contributed by atoms with Gasteiger partial charge in [-0.05, 0) is 24.1 Å². The second kappa shape index (κ2) is 4.82. The Morgan fingerprint density at radius 2 is 2.00 bits per heavy atom. The largest absolute Gasteiger partial charge is 0.396 e. The molecule has 1 aliphatic rings. The SMILES string of the molecule is OCCc1ccc(SC2COC2)cc1. The van der Waals surface area contributed by atoms with Gasteiger partial charge in [0.1, 0.15) is 0 Å². The van der Waals surface area contributed by atoms with E-state index in [4.69, 9.17) is 9.84 Å². The summed E-state index contributed by atoms with van der Waals surface area (Å²) < 4.78 is 5.12. The summed E-state index contributed by atoms with van der Waals surface area (Å²) in [5, 5.41) is 9.40. The van der Waals surface area contributed by atoms with Crippen LogP contribution in [-0.4, -0.2) is 30.2 Å². The van der Waals surface area contributed by atoms with E-state index < -0.39 is 0 Å². The molecule has 1 fully saturated rings. The molecule has 2 rings (SSSR count). The smallest absolute Gasteiger partial charge is 0.0611 e. The second-order valence-electron chi connectivity index (χ2n) is 3.39. The molecule has 0 atom stereocenters. The monoisotopic (exact) mass is 210 g/mol. The standard InChI is InChI=1S/C11H14O2S/c12-6-5-9-1-3-10(4-2-9)14-11-7-13-8-11/h1-4,11-12H,5-8H2. The molecule has 0 unspecified atom stereocenters. The maximum Gasteiger partial charge on any atom is 0.0611 e. The molecule has 0 spiro atoms. The number of ether oxygens (including phenoxy) is 1. The summed E-state index contributed by atoms with van der Waals surface area (Å²) in [4.78, 5) is 1.29. The summed E-state index contributed by atoms with van der Waals surface area (Å²) in [6, 6.07) is 8.40. The van der Waals surface area contributed by atoms with Crippen molar-refractivity contribution in [3.63, 3.8) is 0 Å². The highest BCUT2D eigenvalue weighted by Crippen LogP contribution is 2.27. The van der Waals surface area contributed by atoms with Gasteiger partial charge in [-0.3, -0.25) is 0 Å². The van der Waals surface area contributed by atoms with E-state index in [9.17, 15) is 0 Å². The molecule has 1 saturated heterocycles. The molecule has 0 bridgehead atoms. The molecule has 3 heteroatoms. The number of aliphatic hydroxyl groups excluding tert-OH is 1. The highest BCUT2D eigenvalue weighted by Gasteiger charge is 2.19. The van der Waals surface area contributed by atoms with Gasteiger partial charge in [-0.1, -0.05) is 12.1 Å². The molecule has 2 nitrogen and oxygen atoms in total. The van der Waals surface area contributed by atoms with Crippen LogP contribution in [0.3, 0.4) is 0 Å². The van der Waals surface area contributed by atoms with E-state index in [-0.39, 0.29) is 6.61 Å². The topological polar surface area (TPSA) is 29.5 Å². The average Bonchev–Trinajstić information content (AvgIpc) is 2.14. The van der Waals surface area contributed by atoms with E-state index in [0.717, 1.165) is 19.6 Å². The lowest BCUT2D eigenvalue weighted by molar-refractivity contribution is 0.0455. The quantitative estimate of drug-likeness (QED) is 0.820. The molecule has 0 aromatic heterocycles. The average molecular weight is 210 g/mol. The van der Waals surface area contributed by atoms with E-state index in [1.165, 1.54) is 10.5 Å². The van der Waals surface area contributed by atoms with Gasteiger partial charge in [-0.2, -0.15) is 0 Å². The van der Waals surface area contributed by atoms with Crippen LogP contribution in [0, 0.1) is 0 Å². The fourth-order valence-corrected chi connectivity index (χ4v) is 2.35. The highest BCUT2D eigenvalue weighted by molar-refractivity contribution is 8.00. The van der Waals surface area contributed by atoms with Crippen molar-refractivity contribution in [2.45, 2.75) is 16.6 Å². The van der Waals surface area contributed by atoms with E-state index in [0.29, 0.717) is 5.25 Å². The Morgan fingerprint density at radius 1 is 1.29 bits per heavy atom. The Labute approximate surface area is 88.3 Å².